The highest BCUT2D eigenvalue weighted by Gasteiger charge is 2.18. The van der Waals surface area contributed by atoms with Crippen molar-refractivity contribution in [2.24, 2.45) is 0 Å². The molecule has 1 aromatic rings. The van der Waals surface area contributed by atoms with E-state index < -0.39 is 12.2 Å². The minimum Gasteiger partial charge on any atom is -0.394 e. The summed E-state index contributed by atoms with van der Waals surface area (Å²) in [6.07, 6.45) is 4.13. The van der Waals surface area contributed by atoms with Crippen LogP contribution < -0.4 is 0 Å². The third-order valence-corrected chi connectivity index (χ3v) is 3.27. The molecular weight excluding hydrogens is 240 g/mol. The average Bonchev–Trinajstić information content (AvgIpc) is 2.45. The number of unbranched alkanes of at least 4 members (excludes halogenated alkanes) is 3. The van der Waals surface area contributed by atoms with Crippen LogP contribution in [0.3, 0.4) is 0 Å². The lowest BCUT2D eigenvalue weighted by Gasteiger charge is -2.21. The molecule has 2 atom stereocenters. The Hall–Kier alpha value is -0.900. The first kappa shape index (κ1) is 16.2. The van der Waals surface area contributed by atoms with Crippen molar-refractivity contribution >= 4 is 0 Å². The van der Waals surface area contributed by atoms with Crippen LogP contribution >= 0.6 is 0 Å². The maximum atomic E-state index is 10.0. The Morgan fingerprint density at radius 3 is 2.47 bits per heavy atom. The van der Waals surface area contributed by atoms with Crippen molar-refractivity contribution < 1.29 is 14.9 Å². The monoisotopic (exact) mass is 266 g/mol. The Kier molecular flexibility index (Phi) is 8.47. The van der Waals surface area contributed by atoms with E-state index in [1.807, 2.05) is 30.3 Å². The van der Waals surface area contributed by atoms with Gasteiger partial charge in [0.1, 0.15) is 6.10 Å². The number of hydrogen-bond donors (Lipinski definition) is 2. The van der Waals surface area contributed by atoms with Crippen molar-refractivity contribution in [1.29, 1.82) is 0 Å². The van der Waals surface area contributed by atoms with Crippen molar-refractivity contribution in [2.45, 2.75) is 57.8 Å². The third-order valence-electron chi connectivity index (χ3n) is 3.27. The van der Waals surface area contributed by atoms with E-state index in [0.29, 0.717) is 13.0 Å². The Morgan fingerprint density at radius 1 is 1.11 bits per heavy atom. The molecule has 2 unspecified atom stereocenters. The van der Waals surface area contributed by atoms with Gasteiger partial charge in [0.2, 0.25) is 0 Å². The van der Waals surface area contributed by atoms with E-state index in [2.05, 4.69) is 6.92 Å². The van der Waals surface area contributed by atoms with Gasteiger partial charge in [0.15, 0.2) is 0 Å². The summed E-state index contributed by atoms with van der Waals surface area (Å²) in [6.45, 7) is 2.45. The van der Waals surface area contributed by atoms with Gasteiger partial charge in [0.25, 0.3) is 0 Å². The molecule has 2 N–H and O–H groups in total. The molecule has 1 aromatic carbocycles. The first-order chi connectivity index (χ1) is 9.27. The van der Waals surface area contributed by atoms with Gasteiger partial charge in [-0.2, -0.15) is 0 Å². The highest BCUT2D eigenvalue weighted by molar-refractivity contribution is 5.13. The minimum absolute atomic E-state index is 0.137. The zero-order valence-corrected chi connectivity index (χ0v) is 11.8. The number of aliphatic hydroxyl groups excluding tert-OH is 2. The quantitative estimate of drug-likeness (QED) is 0.640. The first-order valence-electron chi connectivity index (χ1n) is 7.22. The molecule has 0 fully saturated rings. The van der Waals surface area contributed by atoms with Crippen LogP contribution in [-0.4, -0.2) is 29.0 Å². The SMILES string of the molecule is CCCCCCC(O)C(CO)OCc1ccccc1. The normalized spacial score (nSPS) is 14.3. The topological polar surface area (TPSA) is 49.7 Å². The van der Waals surface area contributed by atoms with Crippen molar-refractivity contribution in [3.63, 3.8) is 0 Å². The van der Waals surface area contributed by atoms with E-state index >= 15 is 0 Å². The molecule has 1 rings (SSSR count). The summed E-state index contributed by atoms with van der Waals surface area (Å²) in [5, 5.41) is 19.3. The molecule has 0 aliphatic carbocycles. The summed E-state index contributed by atoms with van der Waals surface area (Å²) in [7, 11) is 0. The van der Waals surface area contributed by atoms with Crippen molar-refractivity contribution in [1.82, 2.24) is 0 Å². The Labute approximate surface area is 116 Å². The highest BCUT2D eigenvalue weighted by Crippen LogP contribution is 2.12. The second kappa shape index (κ2) is 9.96. The molecule has 0 bridgehead atoms. The summed E-state index contributed by atoms with van der Waals surface area (Å²) >= 11 is 0. The van der Waals surface area contributed by atoms with Crippen molar-refractivity contribution in [2.75, 3.05) is 6.61 Å². The maximum absolute atomic E-state index is 10.0. The molecule has 0 aliphatic rings. The molecular formula is C16H26O3. The highest BCUT2D eigenvalue weighted by atomic mass is 16.5. The second-order valence-electron chi connectivity index (χ2n) is 4.93. The van der Waals surface area contributed by atoms with Gasteiger partial charge in [-0.25, -0.2) is 0 Å². The van der Waals surface area contributed by atoms with E-state index in [0.717, 1.165) is 18.4 Å². The Morgan fingerprint density at radius 2 is 1.84 bits per heavy atom. The van der Waals surface area contributed by atoms with E-state index in [1.165, 1.54) is 12.8 Å². The minimum atomic E-state index is -0.578. The fraction of sp³-hybridized carbons (Fsp3) is 0.625. The number of benzene rings is 1. The van der Waals surface area contributed by atoms with E-state index in [1.54, 1.807) is 0 Å². The van der Waals surface area contributed by atoms with Crippen molar-refractivity contribution in [3.8, 4) is 0 Å². The van der Waals surface area contributed by atoms with E-state index in [9.17, 15) is 10.2 Å². The summed E-state index contributed by atoms with van der Waals surface area (Å²) in [4.78, 5) is 0. The molecule has 108 valence electrons. The van der Waals surface area contributed by atoms with E-state index in [-0.39, 0.29) is 6.61 Å². The lowest BCUT2D eigenvalue weighted by Crippen LogP contribution is -2.32. The second-order valence-corrected chi connectivity index (χ2v) is 4.93. The van der Waals surface area contributed by atoms with Crippen LogP contribution in [0.1, 0.15) is 44.6 Å². The van der Waals surface area contributed by atoms with E-state index in [4.69, 9.17) is 4.74 Å². The molecule has 0 saturated carbocycles. The predicted octanol–water partition coefficient (Wildman–Crippen LogP) is 2.90. The Balaban J connectivity index is 2.27. The fourth-order valence-corrected chi connectivity index (χ4v) is 2.03. The molecule has 19 heavy (non-hydrogen) atoms. The van der Waals surface area contributed by atoms with Crippen LogP contribution in [0.2, 0.25) is 0 Å². The number of hydrogen-bond acceptors (Lipinski definition) is 3. The Bertz CT molecular complexity index is 313. The molecule has 0 aliphatic heterocycles. The predicted molar refractivity (Wildman–Crippen MR) is 76.9 cm³/mol. The molecule has 3 heteroatoms. The lowest BCUT2D eigenvalue weighted by molar-refractivity contribution is -0.0736. The molecule has 0 aromatic heterocycles. The van der Waals surface area contributed by atoms with Crippen LogP contribution in [0.5, 0.6) is 0 Å². The zero-order valence-electron chi connectivity index (χ0n) is 11.8. The summed E-state index contributed by atoms with van der Waals surface area (Å²) < 4.78 is 5.60. The summed E-state index contributed by atoms with van der Waals surface area (Å²) in [5.74, 6) is 0. The molecule has 3 nitrogen and oxygen atoms in total. The average molecular weight is 266 g/mol. The largest absolute Gasteiger partial charge is 0.394 e. The van der Waals surface area contributed by atoms with Gasteiger partial charge in [-0.05, 0) is 12.0 Å². The molecule has 0 saturated heterocycles. The zero-order chi connectivity index (χ0) is 13.9. The van der Waals surface area contributed by atoms with Gasteiger partial charge in [-0.3, -0.25) is 0 Å². The standard InChI is InChI=1S/C16H26O3/c1-2-3-4-8-11-15(18)16(12-17)19-13-14-9-6-5-7-10-14/h5-7,9-10,15-18H,2-4,8,11-13H2,1H3. The molecule has 0 heterocycles. The molecule has 0 amide bonds. The van der Waals surface area contributed by atoms with Gasteiger partial charge >= 0.3 is 0 Å². The lowest BCUT2D eigenvalue weighted by atomic mass is 10.1. The number of ether oxygens (including phenoxy) is 1. The van der Waals surface area contributed by atoms with Crippen LogP contribution in [-0.2, 0) is 11.3 Å². The summed E-state index contributed by atoms with van der Waals surface area (Å²) in [6, 6.07) is 9.81. The van der Waals surface area contributed by atoms with Gasteiger partial charge in [-0.1, -0.05) is 62.9 Å². The molecule has 0 spiro atoms. The van der Waals surface area contributed by atoms with Crippen LogP contribution in [0.25, 0.3) is 0 Å². The van der Waals surface area contributed by atoms with Gasteiger partial charge in [0, 0.05) is 0 Å². The molecule has 0 radical (unpaired) electrons. The first-order valence-corrected chi connectivity index (χ1v) is 7.22. The van der Waals surface area contributed by atoms with Crippen molar-refractivity contribution in [3.05, 3.63) is 35.9 Å². The van der Waals surface area contributed by atoms with Gasteiger partial charge in [0.05, 0.1) is 19.3 Å². The van der Waals surface area contributed by atoms with Crippen LogP contribution in [0.15, 0.2) is 30.3 Å². The number of rotatable bonds is 10. The number of aliphatic hydroxyl groups is 2. The van der Waals surface area contributed by atoms with Gasteiger partial charge in [-0.15, -0.1) is 0 Å². The van der Waals surface area contributed by atoms with Gasteiger partial charge < -0.3 is 14.9 Å². The third kappa shape index (κ3) is 6.71. The van der Waals surface area contributed by atoms with Crippen LogP contribution in [0, 0.1) is 0 Å². The summed E-state index contributed by atoms with van der Waals surface area (Å²) in [5.41, 5.74) is 1.05. The fourth-order valence-electron chi connectivity index (χ4n) is 2.03. The maximum Gasteiger partial charge on any atom is 0.107 e. The van der Waals surface area contributed by atoms with Crippen LogP contribution in [0.4, 0.5) is 0 Å². The smallest absolute Gasteiger partial charge is 0.107 e.